The van der Waals surface area contributed by atoms with Crippen LogP contribution in [0.4, 0.5) is 0 Å². The number of carbonyl (C=O) groups is 2. The second-order valence-corrected chi connectivity index (χ2v) is 3.22. The lowest BCUT2D eigenvalue weighted by Gasteiger charge is -2.03. The van der Waals surface area contributed by atoms with E-state index in [-0.39, 0.29) is 16.3 Å². The molecule has 1 aromatic carbocycles. The van der Waals surface area contributed by atoms with Crippen molar-refractivity contribution < 1.29 is 19.4 Å². The quantitative estimate of drug-likeness (QED) is 0.487. The number of ketones is 1. The number of phenols is 1. The van der Waals surface area contributed by atoms with Gasteiger partial charge in [0.25, 0.3) is 0 Å². The van der Waals surface area contributed by atoms with Crippen molar-refractivity contribution in [1.82, 2.24) is 0 Å². The molecule has 0 fully saturated rings. The van der Waals surface area contributed by atoms with Crippen LogP contribution in [0.15, 0.2) is 18.2 Å². The number of hydrogen-bond acceptors (Lipinski definition) is 4. The van der Waals surface area contributed by atoms with Gasteiger partial charge in [-0.05, 0) is 12.1 Å². The van der Waals surface area contributed by atoms with E-state index in [2.05, 4.69) is 4.74 Å². The van der Waals surface area contributed by atoms with Gasteiger partial charge < -0.3 is 9.84 Å². The molecule has 15 heavy (non-hydrogen) atoms. The minimum atomic E-state index is -0.653. The van der Waals surface area contributed by atoms with Crippen LogP contribution in [0.2, 0.25) is 5.02 Å². The number of rotatable bonds is 3. The minimum Gasteiger partial charge on any atom is -0.506 e. The highest BCUT2D eigenvalue weighted by Gasteiger charge is 2.16. The van der Waals surface area contributed by atoms with E-state index in [1.54, 1.807) is 0 Å². The van der Waals surface area contributed by atoms with Crippen molar-refractivity contribution in [1.29, 1.82) is 0 Å². The number of esters is 1. The number of methoxy groups -OCH3 is 1. The van der Waals surface area contributed by atoms with Crippen LogP contribution in [0.5, 0.6) is 5.75 Å². The van der Waals surface area contributed by atoms with Crippen LogP contribution in [0.25, 0.3) is 0 Å². The summed E-state index contributed by atoms with van der Waals surface area (Å²) in [5.41, 5.74) is 0.0212. The van der Waals surface area contributed by atoms with Gasteiger partial charge in [-0.25, -0.2) is 0 Å². The Hall–Kier alpha value is -1.55. The van der Waals surface area contributed by atoms with Crippen molar-refractivity contribution in [2.75, 3.05) is 7.11 Å². The first-order valence-corrected chi connectivity index (χ1v) is 4.51. The number of carbonyl (C=O) groups excluding carboxylic acids is 2. The van der Waals surface area contributed by atoms with E-state index >= 15 is 0 Å². The topological polar surface area (TPSA) is 63.6 Å². The lowest BCUT2D eigenvalue weighted by Crippen LogP contribution is -2.09. The average molecular weight is 229 g/mol. The highest BCUT2D eigenvalue weighted by Crippen LogP contribution is 2.27. The second kappa shape index (κ2) is 4.79. The molecule has 0 aliphatic carbocycles. The Morgan fingerprint density at radius 3 is 2.73 bits per heavy atom. The Morgan fingerprint density at radius 1 is 1.47 bits per heavy atom. The molecule has 1 aromatic rings. The summed E-state index contributed by atoms with van der Waals surface area (Å²) in [6, 6.07) is 4.37. The van der Waals surface area contributed by atoms with Crippen LogP contribution in [-0.4, -0.2) is 24.0 Å². The van der Waals surface area contributed by atoms with Crippen molar-refractivity contribution in [2.45, 2.75) is 6.42 Å². The number of phenolic OH excluding ortho intramolecular Hbond substituents is 1. The van der Waals surface area contributed by atoms with Crippen LogP contribution < -0.4 is 0 Å². The molecule has 0 aliphatic heterocycles. The monoisotopic (exact) mass is 228 g/mol. The van der Waals surface area contributed by atoms with E-state index in [1.165, 1.54) is 25.3 Å². The predicted molar refractivity (Wildman–Crippen MR) is 54.1 cm³/mol. The van der Waals surface area contributed by atoms with E-state index in [9.17, 15) is 14.7 Å². The van der Waals surface area contributed by atoms with Crippen LogP contribution in [0.1, 0.15) is 16.8 Å². The summed E-state index contributed by atoms with van der Waals surface area (Å²) < 4.78 is 4.34. The summed E-state index contributed by atoms with van der Waals surface area (Å²) in [6.45, 7) is 0. The van der Waals surface area contributed by atoms with E-state index in [4.69, 9.17) is 11.6 Å². The number of aromatic hydroxyl groups is 1. The maximum absolute atomic E-state index is 11.5. The number of hydrogen-bond donors (Lipinski definition) is 1. The Bertz CT molecular complexity index is 400. The third-order valence-corrected chi connectivity index (χ3v) is 2.12. The molecular weight excluding hydrogens is 220 g/mol. The maximum atomic E-state index is 11.5. The number of benzene rings is 1. The molecule has 0 heterocycles. The molecule has 0 radical (unpaired) electrons. The molecule has 0 saturated heterocycles. The maximum Gasteiger partial charge on any atom is 0.313 e. The van der Waals surface area contributed by atoms with Gasteiger partial charge in [0.05, 0.1) is 17.7 Å². The molecule has 0 atom stereocenters. The Labute approximate surface area is 91.4 Å². The van der Waals surface area contributed by atoms with Gasteiger partial charge in [0, 0.05) is 0 Å². The first kappa shape index (κ1) is 11.5. The molecule has 0 unspecified atom stereocenters. The molecule has 0 saturated carbocycles. The molecule has 0 bridgehead atoms. The van der Waals surface area contributed by atoms with Crippen molar-refractivity contribution in [3.8, 4) is 5.75 Å². The molecule has 1 rings (SSSR count). The van der Waals surface area contributed by atoms with Gasteiger partial charge in [0.1, 0.15) is 12.2 Å². The van der Waals surface area contributed by atoms with Gasteiger partial charge in [0.15, 0.2) is 5.78 Å². The van der Waals surface area contributed by atoms with Crippen LogP contribution >= 0.6 is 11.6 Å². The van der Waals surface area contributed by atoms with Crippen molar-refractivity contribution in [2.24, 2.45) is 0 Å². The lowest BCUT2D eigenvalue weighted by atomic mass is 10.1. The molecule has 0 amide bonds. The summed E-state index contributed by atoms with van der Waals surface area (Å²) in [6.07, 6.45) is -0.412. The summed E-state index contributed by atoms with van der Waals surface area (Å²) in [4.78, 5) is 22.3. The largest absolute Gasteiger partial charge is 0.506 e. The number of para-hydroxylation sites is 1. The smallest absolute Gasteiger partial charge is 0.313 e. The molecule has 5 heteroatoms. The lowest BCUT2D eigenvalue weighted by molar-refractivity contribution is -0.139. The van der Waals surface area contributed by atoms with Crippen LogP contribution in [-0.2, 0) is 9.53 Å². The number of Topliss-reactive ketones (excluding diaryl/α,β-unsaturated/α-hetero) is 1. The van der Waals surface area contributed by atoms with Gasteiger partial charge in [-0.15, -0.1) is 0 Å². The molecule has 0 aromatic heterocycles. The highest BCUT2D eigenvalue weighted by atomic mass is 35.5. The first-order valence-electron chi connectivity index (χ1n) is 4.13. The Morgan fingerprint density at radius 2 is 2.13 bits per heavy atom. The fraction of sp³-hybridized carbons (Fsp3) is 0.200. The fourth-order valence-corrected chi connectivity index (χ4v) is 1.21. The SMILES string of the molecule is COC(=O)CC(=O)c1cccc(Cl)c1O. The summed E-state index contributed by atoms with van der Waals surface area (Å²) in [5.74, 6) is -1.49. The van der Waals surface area contributed by atoms with Gasteiger partial charge in [-0.1, -0.05) is 17.7 Å². The first-order chi connectivity index (χ1) is 7.06. The van der Waals surface area contributed by atoms with E-state index < -0.39 is 18.2 Å². The molecule has 4 nitrogen and oxygen atoms in total. The van der Waals surface area contributed by atoms with E-state index in [0.717, 1.165) is 0 Å². The molecule has 80 valence electrons. The highest BCUT2D eigenvalue weighted by molar-refractivity contribution is 6.32. The van der Waals surface area contributed by atoms with Crippen LogP contribution in [0, 0.1) is 0 Å². The number of halogens is 1. The zero-order valence-electron chi connectivity index (χ0n) is 7.99. The molecule has 1 N–H and O–H groups in total. The van der Waals surface area contributed by atoms with Gasteiger partial charge >= 0.3 is 5.97 Å². The van der Waals surface area contributed by atoms with Gasteiger partial charge in [-0.3, -0.25) is 9.59 Å². The van der Waals surface area contributed by atoms with E-state index in [0.29, 0.717) is 0 Å². The third-order valence-electron chi connectivity index (χ3n) is 1.82. The molecule has 0 aliphatic rings. The normalized spacial score (nSPS) is 9.73. The van der Waals surface area contributed by atoms with Crippen molar-refractivity contribution in [3.05, 3.63) is 28.8 Å². The Balaban J connectivity index is 2.92. The summed E-state index contributed by atoms with van der Waals surface area (Å²) in [5, 5.41) is 9.52. The summed E-state index contributed by atoms with van der Waals surface area (Å²) >= 11 is 5.61. The molecular formula is C10H9ClO4. The molecule has 0 spiro atoms. The van der Waals surface area contributed by atoms with Gasteiger partial charge in [0.2, 0.25) is 0 Å². The second-order valence-electron chi connectivity index (χ2n) is 2.81. The third kappa shape index (κ3) is 2.70. The average Bonchev–Trinajstić information content (AvgIpc) is 2.21. The van der Waals surface area contributed by atoms with Crippen LogP contribution in [0.3, 0.4) is 0 Å². The predicted octanol–water partition coefficient (Wildman–Crippen LogP) is 1.79. The zero-order valence-corrected chi connectivity index (χ0v) is 8.75. The zero-order chi connectivity index (χ0) is 11.4. The van der Waals surface area contributed by atoms with Crippen molar-refractivity contribution >= 4 is 23.4 Å². The standard InChI is InChI=1S/C10H9ClO4/c1-15-9(13)5-8(12)6-3-2-4-7(11)10(6)14/h2-4,14H,5H2,1H3. The van der Waals surface area contributed by atoms with Crippen molar-refractivity contribution in [3.63, 3.8) is 0 Å². The number of ether oxygens (including phenoxy) is 1. The Kier molecular flexibility index (Phi) is 3.68. The fourth-order valence-electron chi connectivity index (χ4n) is 1.04. The van der Waals surface area contributed by atoms with E-state index in [1.807, 2.05) is 0 Å². The van der Waals surface area contributed by atoms with Gasteiger partial charge in [-0.2, -0.15) is 0 Å². The summed E-state index contributed by atoms with van der Waals surface area (Å²) in [7, 11) is 1.19. The minimum absolute atomic E-state index is 0.0212.